The van der Waals surface area contributed by atoms with Crippen LogP contribution in [-0.2, 0) is 6.54 Å². The number of halogens is 4. The molecule has 1 heterocycles. The van der Waals surface area contributed by atoms with E-state index in [9.17, 15) is 13.2 Å². The van der Waals surface area contributed by atoms with Gasteiger partial charge in [-0.05, 0) is 11.6 Å². The summed E-state index contributed by atoms with van der Waals surface area (Å²) < 4.78 is 37.3. The standard InChI is InChI=1S/C10H12BrF3N2/c11-1-2-16(7-10(13)14)6-8-3-9(12)5-15-4-8/h3-5,10H,1-2,6-7H2. The molecule has 0 fully saturated rings. The summed E-state index contributed by atoms with van der Waals surface area (Å²) in [5, 5.41) is 0.600. The molecule has 0 saturated carbocycles. The van der Waals surface area contributed by atoms with Gasteiger partial charge in [0, 0.05) is 24.6 Å². The van der Waals surface area contributed by atoms with Crippen molar-refractivity contribution in [3.8, 4) is 0 Å². The van der Waals surface area contributed by atoms with E-state index in [1.54, 1.807) is 4.90 Å². The van der Waals surface area contributed by atoms with E-state index in [0.717, 1.165) is 6.20 Å². The first-order valence-corrected chi connectivity index (χ1v) is 5.90. The van der Waals surface area contributed by atoms with Gasteiger partial charge >= 0.3 is 0 Å². The third kappa shape index (κ3) is 4.94. The van der Waals surface area contributed by atoms with E-state index in [1.807, 2.05) is 0 Å². The third-order valence-electron chi connectivity index (χ3n) is 1.96. The van der Waals surface area contributed by atoms with E-state index in [2.05, 4.69) is 20.9 Å². The molecular weight excluding hydrogens is 285 g/mol. The summed E-state index contributed by atoms with van der Waals surface area (Å²) in [6.07, 6.45) is 0.182. The molecule has 0 aliphatic carbocycles. The minimum absolute atomic E-state index is 0.278. The van der Waals surface area contributed by atoms with Gasteiger partial charge in [-0.2, -0.15) is 0 Å². The van der Waals surface area contributed by atoms with Gasteiger partial charge in [0.05, 0.1) is 12.7 Å². The Morgan fingerprint density at radius 2 is 2.12 bits per heavy atom. The topological polar surface area (TPSA) is 16.1 Å². The summed E-state index contributed by atoms with van der Waals surface area (Å²) in [6, 6.07) is 1.31. The van der Waals surface area contributed by atoms with Crippen LogP contribution in [0.3, 0.4) is 0 Å². The molecule has 0 spiro atoms. The van der Waals surface area contributed by atoms with Crippen molar-refractivity contribution in [3.05, 3.63) is 29.8 Å². The number of alkyl halides is 3. The minimum atomic E-state index is -2.39. The van der Waals surface area contributed by atoms with Gasteiger partial charge in [0.25, 0.3) is 6.43 Å². The zero-order valence-corrected chi connectivity index (χ0v) is 10.1. The maximum atomic E-state index is 12.8. The molecule has 0 atom stereocenters. The normalized spacial score (nSPS) is 11.4. The third-order valence-corrected chi connectivity index (χ3v) is 2.32. The molecule has 0 bridgehead atoms. The van der Waals surface area contributed by atoms with Crippen LogP contribution in [0.25, 0.3) is 0 Å². The number of rotatable bonds is 6. The number of nitrogens with zero attached hydrogens (tertiary/aromatic N) is 2. The zero-order valence-electron chi connectivity index (χ0n) is 8.54. The maximum absolute atomic E-state index is 12.8. The second-order valence-electron chi connectivity index (χ2n) is 3.33. The van der Waals surface area contributed by atoms with E-state index in [1.165, 1.54) is 12.3 Å². The van der Waals surface area contributed by atoms with Gasteiger partial charge in [-0.1, -0.05) is 15.9 Å². The highest BCUT2D eigenvalue weighted by Crippen LogP contribution is 2.08. The zero-order chi connectivity index (χ0) is 12.0. The van der Waals surface area contributed by atoms with Gasteiger partial charge in [0.2, 0.25) is 0 Å². The molecule has 90 valence electrons. The predicted octanol–water partition coefficient (Wildman–Crippen LogP) is 2.68. The fraction of sp³-hybridized carbons (Fsp3) is 0.500. The van der Waals surface area contributed by atoms with E-state index in [-0.39, 0.29) is 13.1 Å². The fourth-order valence-electron chi connectivity index (χ4n) is 1.35. The molecule has 0 radical (unpaired) electrons. The highest BCUT2D eigenvalue weighted by molar-refractivity contribution is 9.09. The second kappa shape index (κ2) is 6.85. The fourth-order valence-corrected chi connectivity index (χ4v) is 1.85. The Morgan fingerprint density at radius 1 is 1.38 bits per heavy atom. The van der Waals surface area contributed by atoms with Crippen LogP contribution >= 0.6 is 15.9 Å². The van der Waals surface area contributed by atoms with E-state index < -0.39 is 12.2 Å². The second-order valence-corrected chi connectivity index (χ2v) is 4.12. The van der Waals surface area contributed by atoms with Gasteiger partial charge in [0.15, 0.2) is 0 Å². The molecule has 0 saturated heterocycles. The van der Waals surface area contributed by atoms with Crippen molar-refractivity contribution < 1.29 is 13.2 Å². The highest BCUT2D eigenvalue weighted by atomic mass is 79.9. The van der Waals surface area contributed by atoms with Crippen molar-refractivity contribution in [2.75, 3.05) is 18.4 Å². The number of pyridine rings is 1. The van der Waals surface area contributed by atoms with Crippen LogP contribution in [-0.4, -0.2) is 34.7 Å². The van der Waals surface area contributed by atoms with Crippen LogP contribution in [0.15, 0.2) is 18.5 Å². The molecule has 2 nitrogen and oxygen atoms in total. The van der Waals surface area contributed by atoms with Crippen molar-refractivity contribution in [1.82, 2.24) is 9.88 Å². The molecule has 0 aliphatic heterocycles. The summed E-state index contributed by atoms with van der Waals surface area (Å²) in [7, 11) is 0. The summed E-state index contributed by atoms with van der Waals surface area (Å²) >= 11 is 3.19. The first kappa shape index (κ1) is 13.4. The largest absolute Gasteiger partial charge is 0.293 e. The van der Waals surface area contributed by atoms with E-state index in [4.69, 9.17) is 0 Å². The van der Waals surface area contributed by atoms with E-state index in [0.29, 0.717) is 17.4 Å². The van der Waals surface area contributed by atoms with Gasteiger partial charge in [-0.25, -0.2) is 13.2 Å². The number of aromatic nitrogens is 1. The Bertz CT molecular complexity index is 323. The van der Waals surface area contributed by atoms with Gasteiger partial charge in [-0.3, -0.25) is 9.88 Å². The Labute approximate surface area is 101 Å². The van der Waals surface area contributed by atoms with Crippen molar-refractivity contribution in [1.29, 1.82) is 0 Å². The molecular formula is C10H12BrF3N2. The predicted molar refractivity (Wildman–Crippen MR) is 59.3 cm³/mol. The van der Waals surface area contributed by atoms with Gasteiger partial charge < -0.3 is 0 Å². The summed E-state index contributed by atoms with van der Waals surface area (Å²) in [5.41, 5.74) is 0.599. The van der Waals surface area contributed by atoms with Crippen LogP contribution in [0, 0.1) is 5.82 Å². The summed E-state index contributed by atoms with van der Waals surface area (Å²) in [5.74, 6) is -0.451. The monoisotopic (exact) mass is 296 g/mol. The number of hydrogen-bond acceptors (Lipinski definition) is 2. The smallest absolute Gasteiger partial charge is 0.251 e. The molecule has 1 rings (SSSR count). The van der Waals surface area contributed by atoms with Crippen molar-refractivity contribution in [3.63, 3.8) is 0 Å². The number of hydrogen-bond donors (Lipinski definition) is 0. The van der Waals surface area contributed by atoms with Crippen LogP contribution < -0.4 is 0 Å². The summed E-state index contributed by atoms with van der Waals surface area (Å²) in [6.45, 7) is 0.448. The molecule has 6 heteroatoms. The molecule has 0 N–H and O–H groups in total. The lowest BCUT2D eigenvalue weighted by atomic mass is 10.2. The van der Waals surface area contributed by atoms with Gasteiger partial charge in [-0.15, -0.1) is 0 Å². The molecule has 0 aliphatic rings. The molecule has 16 heavy (non-hydrogen) atoms. The van der Waals surface area contributed by atoms with Crippen molar-refractivity contribution >= 4 is 15.9 Å². The molecule has 0 aromatic carbocycles. The average Bonchev–Trinajstić information content (AvgIpc) is 2.16. The Kier molecular flexibility index (Phi) is 5.76. The lowest BCUT2D eigenvalue weighted by Gasteiger charge is -2.20. The molecule has 1 aromatic rings. The quantitative estimate of drug-likeness (QED) is 0.751. The SMILES string of the molecule is Fc1cncc(CN(CCBr)CC(F)F)c1. The first-order valence-electron chi connectivity index (χ1n) is 4.77. The van der Waals surface area contributed by atoms with Crippen LogP contribution in [0.2, 0.25) is 0 Å². The Morgan fingerprint density at radius 3 is 2.69 bits per heavy atom. The van der Waals surface area contributed by atoms with Crippen molar-refractivity contribution in [2.45, 2.75) is 13.0 Å². The van der Waals surface area contributed by atoms with Gasteiger partial charge in [0.1, 0.15) is 5.82 Å². The lowest BCUT2D eigenvalue weighted by molar-refractivity contribution is 0.0880. The molecule has 0 unspecified atom stereocenters. The highest BCUT2D eigenvalue weighted by Gasteiger charge is 2.12. The van der Waals surface area contributed by atoms with Crippen LogP contribution in [0.4, 0.5) is 13.2 Å². The van der Waals surface area contributed by atoms with Crippen LogP contribution in [0.5, 0.6) is 0 Å². The molecule has 0 amide bonds. The lowest BCUT2D eigenvalue weighted by Crippen LogP contribution is -2.30. The Balaban J connectivity index is 2.60. The summed E-state index contributed by atoms with van der Waals surface area (Å²) in [4.78, 5) is 5.23. The first-order chi connectivity index (χ1) is 7.61. The van der Waals surface area contributed by atoms with Crippen molar-refractivity contribution in [2.24, 2.45) is 0 Å². The average molecular weight is 297 g/mol. The Hall–Kier alpha value is -0.620. The minimum Gasteiger partial charge on any atom is -0.293 e. The van der Waals surface area contributed by atoms with E-state index >= 15 is 0 Å². The van der Waals surface area contributed by atoms with Crippen LogP contribution in [0.1, 0.15) is 5.56 Å². The molecule has 1 aromatic heterocycles. The maximum Gasteiger partial charge on any atom is 0.251 e.